The summed E-state index contributed by atoms with van der Waals surface area (Å²) in [5, 5.41) is 0. The standard InChI is InChI=1S/C36H28I2N2O4S/c1-42-29-15-13-24(19-30(29)43-2)33-26-14-12-23-10-6-7-11-25(23)32(26)39-36-40(33)35(41)31(45-36)18-22-16-27(37)34(28(38)17-22)44-20-21-8-4-3-5-9-21/h3-11,13,15-19,33H,12,14,20H2,1-2H3/b31-18-/t33-/m1/s1. The topological polar surface area (TPSA) is 62.0 Å². The molecule has 0 fully saturated rings. The fraction of sp³-hybridized carbons (Fsp3) is 0.167. The maximum absolute atomic E-state index is 14.3. The van der Waals surface area contributed by atoms with E-state index in [0.29, 0.717) is 27.4 Å². The number of nitrogens with zero attached hydrogens (tertiary/aromatic N) is 2. The highest BCUT2D eigenvalue weighted by Crippen LogP contribution is 2.43. The van der Waals surface area contributed by atoms with Crippen LogP contribution in [0.2, 0.25) is 0 Å². The summed E-state index contributed by atoms with van der Waals surface area (Å²) >= 11 is 6.05. The van der Waals surface area contributed by atoms with Crippen molar-refractivity contribution in [2.75, 3.05) is 14.2 Å². The quantitative estimate of drug-likeness (QED) is 0.164. The lowest BCUT2D eigenvalue weighted by atomic mass is 9.83. The van der Waals surface area contributed by atoms with Gasteiger partial charge in [-0.2, -0.15) is 0 Å². The van der Waals surface area contributed by atoms with Crippen LogP contribution in [0, 0.1) is 7.14 Å². The Morgan fingerprint density at radius 2 is 1.64 bits per heavy atom. The number of hydrogen-bond donors (Lipinski definition) is 0. The first-order valence-electron chi connectivity index (χ1n) is 14.5. The van der Waals surface area contributed by atoms with Crippen LogP contribution in [0.4, 0.5) is 0 Å². The summed E-state index contributed by atoms with van der Waals surface area (Å²) in [6.45, 7) is 0.495. The minimum atomic E-state index is -0.305. The van der Waals surface area contributed by atoms with Gasteiger partial charge in [-0.3, -0.25) is 9.36 Å². The first kappa shape index (κ1) is 30.2. The molecule has 1 aliphatic heterocycles. The summed E-state index contributed by atoms with van der Waals surface area (Å²) < 4.78 is 21.9. The molecule has 6 nitrogen and oxygen atoms in total. The summed E-state index contributed by atoms with van der Waals surface area (Å²) in [5.41, 5.74) is 7.49. The molecule has 9 heteroatoms. The fourth-order valence-electron chi connectivity index (χ4n) is 6.03. The van der Waals surface area contributed by atoms with Crippen molar-refractivity contribution in [1.82, 2.24) is 4.57 Å². The van der Waals surface area contributed by atoms with Crippen molar-refractivity contribution < 1.29 is 14.2 Å². The van der Waals surface area contributed by atoms with Crippen LogP contribution >= 0.6 is 56.5 Å². The molecule has 5 aromatic rings. The maximum Gasteiger partial charge on any atom is 0.271 e. The largest absolute Gasteiger partial charge is 0.493 e. The summed E-state index contributed by atoms with van der Waals surface area (Å²) in [5.74, 6) is 2.13. The van der Waals surface area contributed by atoms with Crippen LogP contribution in [-0.4, -0.2) is 18.8 Å². The Balaban J connectivity index is 1.34. The van der Waals surface area contributed by atoms with Crippen molar-refractivity contribution in [3.63, 3.8) is 0 Å². The highest BCUT2D eigenvalue weighted by molar-refractivity contribution is 14.1. The van der Waals surface area contributed by atoms with Gasteiger partial charge < -0.3 is 14.2 Å². The zero-order valence-corrected chi connectivity index (χ0v) is 29.7. The molecule has 1 aromatic heterocycles. The third-order valence-electron chi connectivity index (χ3n) is 8.14. The van der Waals surface area contributed by atoms with E-state index in [1.54, 1.807) is 14.2 Å². The van der Waals surface area contributed by atoms with Crippen molar-refractivity contribution in [3.8, 4) is 17.2 Å². The van der Waals surface area contributed by atoms with Gasteiger partial charge in [0.05, 0.1) is 37.6 Å². The predicted octanol–water partition coefficient (Wildman–Crippen LogP) is 7.12. The van der Waals surface area contributed by atoms with Gasteiger partial charge in [0.25, 0.3) is 5.56 Å². The second-order valence-electron chi connectivity index (χ2n) is 10.8. The van der Waals surface area contributed by atoms with E-state index >= 15 is 0 Å². The summed E-state index contributed by atoms with van der Waals surface area (Å²) in [6, 6.07) is 28.3. The first-order valence-corrected chi connectivity index (χ1v) is 17.4. The molecule has 0 N–H and O–H groups in total. The monoisotopic (exact) mass is 838 g/mol. The van der Waals surface area contributed by atoms with Crippen molar-refractivity contribution >= 4 is 68.3 Å². The number of halogens is 2. The second kappa shape index (κ2) is 12.8. The highest BCUT2D eigenvalue weighted by atomic mass is 127. The van der Waals surface area contributed by atoms with Crippen LogP contribution in [0.1, 0.15) is 40.3 Å². The zero-order valence-electron chi connectivity index (χ0n) is 24.6. The number of aromatic nitrogens is 1. The first-order chi connectivity index (χ1) is 21.9. The zero-order chi connectivity index (χ0) is 31.1. The third kappa shape index (κ3) is 5.74. The molecule has 0 spiro atoms. The molecular weight excluding hydrogens is 810 g/mol. The Hall–Kier alpha value is -3.42. The van der Waals surface area contributed by atoms with Crippen LogP contribution in [0.25, 0.3) is 11.8 Å². The van der Waals surface area contributed by atoms with E-state index < -0.39 is 0 Å². The molecule has 7 rings (SSSR count). The molecule has 0 unspecified atom stereocenters. The molecule has 0 radical (unpaired) electrons. The van der Waals surface area contributed by atoms with Gasteiger partial charge in [-0.1, -0.05) is 72.0 Å². The normalized spacial score (nSPS) is 15.6. The Labute approximate surface area is 292 Å². The van der Waals surface area contributed by atoms with Gasteiger partial charge in [0.15, 0.2) is 16.3 Å². The van der Waals surface area contributed by atoms with Gasteiger partial charge in [-0.15, -0.1) is 0 Å². The van der Waals surface area contributed by atoms with Crippen molar-refractivity contribution in [2.45, 2.75) is 25.5 Å². The van der Waals surface area contributed by atoms with Gasteiger partial charge in [0.1, 0.15) is 12.4 Å². The van der Waals surface area contributed by atoms with E-state index in [4.69, 9.17) is 19.2 Å². The lowest BCUT2D eigenvalue weighted by Crippen LogP contribution is -2.38. The number of fused-ring (bicyclic) bond motifs is 3. The Morgan fingerprint density at radius 1 is 0.911 bits per heavy atom. The number of allylic oxidation sites excluding steroid dienone is 1. The van der Waals surface area contributed by atoms with E-state index in [9.17, 15) is 4.79 Å². The fourth-order valence-corrected chi connectivity index (χ4v) is 9.16. The Bertz CT molecular complexity index is 2130. The molecule has 0 amide bonds. The van der Waals surface area contributed by atoms with Crippen molar-refractivity contribution in [1.29, 1.82) is 0 Å². The molecule has 0 saturated carbocycles. The van der Waals surface area contributed by atoms with E-state index in [1.807, 2.05) is 47.0 Å². The van der Waals surface area contributed by atoms with E-state index in [2.05, 4.69) is 93.7 Å². The predicted molar refractivity (Wildman–Crippen MR) is 195 cm³/mol. The number of benzene rings is 4. The van der Waals surface area contributed by atoms with Crippen molar-refractivity contribution in [3.05, 3.63) is 145 Å². The SMILES string of the molecule is COc1ccc([C@@H]2C3=C(N=c4s/c(=C\c5cc(I)c(OCc6ccccc6)c(I)c5)c(=O)n42)c2ccccc2CC3)cc1OC. The van der Waals surface area contributed by atoms with Gasteiger partial charge in [-0.05, 0) is 116 Å². The summed E-state index contributed by atoms with van der Waals surface area (Å²) in [6.07, 6.45) is 3.69. The molecule has 4 aromatic carbocycles. The number of thiazole rings is 1. The minimum Gasteiger partial charge on any atom is -0.493 e. The molecule has 0 saturated heterocycles. The average molecular weight is 839 g/mol. The van der Waals surface area contributed by atoms with Gasteiger partial charge in [-0.25, -0.2) is 4.99 Å². The lowest BCUT2D eigenvalue weighted by Gasteiger charge is -2.31. The molecular formula is C36H28I2N2O4S. The average Bonchev–Trinajstić information content (AvgIpc) is 3.37. The number of rotatable bonds is 7. The molecule has 226 valence electrons. The smallest absolute Gasteiger partial charge is 0.271 e. The number of hydrogen-bond acceptors (Lipinski definition) is 6. The van der Waals surface area contributed by atoms with Crippen LogP contribution in [0.5, 0.6) is 17.2 Å². The van der Waals surface area contributed by atoms with Gasteiger partial charge >= 0.3 is 0 Å². The number of methoxy groups -OCH3 is 2. The second-order valence-corrected chi connectivity index (χ2v) is 14.1. The van der Waals surface area contributed by atoms with Gasteiger partial charge in [0, 0.05) is 5.56 Å². The molecule has 1 aliphatic carbocycles. The van der Waals surface area contributed by atoms with Crippen LogP contribution < -0.4 is 29.1 Å². The van der Waals surface area contributed by atoms with E-state index in [1.165, 1.54) is 16.9 Å². The minimum absolute atomic E-state index is 0.0571. The van der Waals surface area contributed by atoms with E-state index in [0.717, 1.165) is 59.3 Å². The third-order valence-corrected chi connectivity index (χ3v) is 10.7. The van der Waals surface area contributed by atoms with Crippen LogP contribution in [0.15, 0.2) is 100 Å². The number of ether oxygens (including phenoxy) is 3. The van der Waals surface area contributed by atoms with Crippen LogP contribution in [-0.2, 0) is 13.0 Å². The summed E-state index contributed by atoms with van der Waals surface area (Å²) in [4.78, 5) is 20.1. The molecule has 1 atom stereocenters. The molecule has 0 bridgehead atoms. The molecule has 2 heterocycles. The Kier molecular flexibility index (Phi) is 8.58. The lowest BCUT2D eigenvalue weighted by molar-refractivity contribution is 0.301. The molecule has 45 heavy (non-hydrogen) atoms. The number of aryl methyl sites for hydroxylation is 1. The van der Waals surface area contributed by atoms with Crippen LogP contribution in [0.3, 0.4) is 0 Å². The molecule has 2 aliphatic rings. The van der Waals surface area contributed by atoms with Crippen molar-refractivity contribution in [2.24, 2.45) is 4.99 Å². The Morgan fingerprint density at radius 3 is 2.40 bits per heavy atom. The maximum atomic E-state index is 14.3. The van der Waals surface area contributed by atoms with E-state index in [-0.39, 0.29) is 11.6 Å². The summed E-state index contributed by atoms with van der Waals surface area (Å²) in [7, 11) is 3.26. The highest BCUT2D eigenvalue weighted by Gasteiger charge is 2.33. The van der Waals surface area contributed by atoms with Gasteiger partial charge in [0.2, 0.25) is 0 Å².